The average molecular weight is 616 g/mol. The standard InChI is InChI=1S/C36H37N7O3/c1-22(2)46-35(45)29-20-38-36(41-34(29)30-21-42(3)33-9-5-4-8-28(30)33)40-23-10-15-31-32(18-23)39-24(19-37-31)17-27(44)14-13-25-7-6-16-43(25)26-11-12-26/h4-5,8-10,13-15,18-22,25-26H,6-7,11-12,16-17H2,1-3H3,(H,38,40,41)/b14-13+. The summed E-state index contributed by atoms with van der Waals surface area (Å²) in [7, 11) is 1.96. The van der Waals surface area contributed by atoms with Crippen LogP contribution in [0.5, 0.6) is 0 Å². The number of carbonyl (C=O) groups excluding carboxylic acids is 2. The summed E-state index contributed by atoms with van der Waals surface area (Å²) in [4.78, 5) is 47.0. The van der Waals surface area contributed by atoms with Crippen LogP contribution in [0.3, 0.4) is 0 Å². The number of likely N-dealkylation sites (tertiary alicyclic amines) is 1. The molecule has 1 atom stereocenters. The zero-order chi connectivity index (χ0) is 31.8. The summed E-state index contributed by atoms with van der Waals surface area (Å²) >= 11 is 0. The van der Waals surface area contributed by atoms with Crippen molar-refractivity contribution in [3.05, 3.63) is 84.5 Å². The summed E-state index contributed by atoms with van der Waals surface area (Å²) in [6, 6.07) is 14.6. The number of aryl methyl sites for hydroxylation is 1. The van der Waals surface area contributed by atoms with Crippen molar-refractivity contribution in [1.82, 2.24) is 29.4 Å². The molecule has 4 heterocycles. The third-order valence-electron chi connectivity index (χ3n) is 8.57. The Balaban J connectivity index is 1.13. The van der Waals surface area contributed by atoms with Gasteiger partial charge in [0.2, 0.25) is 5.95 Å². The van der Waals surface area contributed by atoms with Crippen molar-refractivity contribution in [1.29, 1.82) is 0 Å². The van der Waals surface area contributed by atoms with Crippen molar-refractivity contribution in [2.24, 2.45) is 7.05 Å². The fraction of sp³-hybridized carbons (Fsp3) is 0.333. The summed E-state index contributed by atoms with van der Waals surface area (Å²) in [6.45, 7) is 4.75. The molecule has 0 spiro atoms. The Morgan fingerprint density at radius 1 is 1.04 bits per heavy atom. The largest absolute Gasteiger partial charge is 0.459 e. The maximum atomic E-state index is 13.1. The number of fused-ring (bicyclic) bond motifs is 2. The first kappa shape index (κ1) is 29.7. The lowest BCUT2D eigenvalue weighted by Gasteiger charge is -2.20. The highest BCUT2D eigenvalue weighted by molar-refractivity contribution is 6.03. The van der Waals surface area contributed by atoms with Gasteiger partial charge in [-0.2, -0.15) is 0 Å². The topological polar surface area (TPSA) is 115 Å². The van der Waals surface area contributed by atoms with Gasteiger partial charge in [0.1, 0.15) is 5.56 Å². The monoisotopic (exact) mass is 615 g/mol. The first-order valence-corrected chi connectivity index (χ1v) is 15.9. The first-order valence-electron chi connectivity index (χ1n) is 15.9. The van der Waals surface area contributed by atoms with E-state index in [2.05, 4.69) is 26.3 Å². The van der Waals surface area contributed by atoms with Crippen LogP contribution in [-0.2, 0) is 23.0 Å². The molecule has 46 heavy (non-hydrogen) atoms. The van der Waals surface area contributed by atoms with E-state index < -0.39 is 5.97 Å². The molecule has 5 aromatic rings. The predicted molar refractivity (Wildman–Crippen MR) is 178 cm³/mol. The lowest BCUT2D eigenvalue weighted by Crippen LogP contribution is -2.30. The Kier molecular flexibility index (Phi) is 8.04. The molecule has 3 aromatic heterocycles. The van der Waals surface area contributed by atoms with Gasteiger partial charge in [-0.1, -0.05) is 24.3 Å². The molecule has 7 rings (SSSR count). The van der Waals surface area contributed by atoms with Crippen molar-refractivity contribution in [3.63, 3.8) is 0 Å². The van der Waals surface area contributed by atoms with Gasteiger partial charge in [0.25, 0.3) is 0 Å². The van der Waals surface area contributed by atoms with Gasteiger partial charge in [-0.25, -0.2) is 19.7 Å². The molecule has 1 aliphatic heterocycles. The van der Waals surface area contributed by atoms with Crippen molar-refractivity contribution in [3.8, 4) is 11.3 Å². The molecule has 2 aromatic carbocycles. The highest BCUT2D eigenvalue weighted by atomic mass is 16.5. The Morgan fingerprint density at radius 3 is 2.72 bits per heavy atom. The zero-order valence-electron chi connectivity index (χ0n) is 26.3. The summed E-state index contributed by atoms with van der Waals surface area (Å²) in [6.07, 6.45) is 13.7. The predicted octanol–water partition coefficient (Wildman–Crippen LogP) is 6.18. The molecule has 1 unspecified atom stereocenters. The third-order valence-corrected chi connectivity index (χ3v) is 8.57. The number of rotatable bonds is 10. The molecular formula is C36H37N7O3. The van der Waals surface area contributed by atoms with E-state index in [1.165, 1.54) is 25.5 Å². The second kappa shape index (κ2) is 12.4. The van der Waals surface area contributed by atoms with Crippen LogP contribution in [0.4, 0.5) is 11.6 Å². The highest BCUT2D eigenvalue weighted by Crippen LogP contribution is 2.34. The summed E-state index contributed by atoms with van der Waals surface area (Å²) < 4.78 is 7.54. The summed E-state index contributed by atoms with van der Waals surface area (Å²) in [5.74, 6) is -0.137. The summed E-state index contributed by atoms with van der Waals surface area (Å²) in [5.41, 5.74) is 5.28. The lowest BCUT2D eigenvalue weighted by atomic mass is 10.1. The number of benzene rings is 2. The minimum atomic E-state index is -0.481. The third kappa shape index (κ3) is 6.25. The minimum absolute atomic E-state index is 0.0241. The van der Waals surface area contributed by atoms with Gasteiger partial charge < -0.3 is 14.6 Å². The van der Waals surface area contributed by atoms with E-state index >= 15 is 0 Å². The lowest BCUT2D eigenvalue weighted by molar-refractivity contribution is -0.114. The Morgan fingerprint density at radius 2 is 1.89 bits per heavy atom. The molecule has 1 saturated carbocycles. The van der Waals surface area contributed by atoms with Crippen LogP contribution in [0.15, 0.2) is 73.2 Å². The van der Waals surface area contributed by atoms with E-state index in [1.54, 1.807) is 12.3 Å². The van der Waals surface area contributed by atoms with E-state index in [1.807, 2.05) is 74.1 Å². The number of esters is 1. The first-order chi connectivity index (χ1) is 22.3. The van der Waals surface area contributed by atoms with Crippen LogP contribution >= 0.6 is 0 Å². The number of anilines is 2. The van der Waals surface area contributed by atoms with Crippen LogP contribution in [0.2, 0.25) is 0 Å². The smallest absolute Gasteiger partial charge is 0.342 e. The molecule has 1 aliphatic carbocycles. The number of hydrogen-bond donors (Lipinski definition) is 1. The number of ether oxygens (including phenoxy) is 1. The number of nitrogens with zero attached hydrogens (tertiary/aromatic N) is 6. The van der Waals surface area contributed by atoms with E-state index in [0.717, 1.165) is 29.4 Å². The minimum Gasteiger partial charge on any atom is -0.459 e. The number of aromatic nitrogens is 5. The van der Waals surface area contributed by atoms with E-state index in [-0.39, 0.29) is 23.9 Å². The second-order valence-corrected chi connectivity index (χ2v) is 12.5. The maximum Gasteiger partial charge on any atom is 0.342 e. The van der Waals surface area contributed by atoms with Crippen molar-refractivity contribution >= 4 is 45.3 Å². The van der Waals surface area contributed by atoms with Gasteiger partial charge in [0, 0.05) is 59.9 Å². The van der Waals surface area contributed by atoms with Gasteiger partial charge in [0.15, 0.2) is 5.78 Å². The van der Waals surface area contributed by atoms with Crippen LogP contribution in [0, 0.1) is 0 Å². The van der Waals surface area contributed by atoms with Crippen LogP contribution in [-0.4, -0.2) is 65.9 Å². The number of carbonyl (C=O) groups is 2. The molecule has 1 saturated heterocycles. The zero-order valence-corrected chi connectivity index (χ0v) is 26.3. The fourth-order valence-corrected chi connectivity index (χ4v) is 6.28. The molecule has 1 N–H and O–H groups in total. The molecule has 2 fully saturated rings. The molecule has 0 bridgehead atoms. The normalized spacial score (nSPS) is 17.0. The quantitative estimate of drug-likeness (QED) is 0.145. The maximum absolute atomic E-state index is 13.1. The van der Waals surface area contributed by atoms with Crippen molar-refractivity contribution in [2.45, 2.75) is 64.1 Å². The van der Waals surface area contributed by atoms with E-state index in [4.69, 9.17) is 14.7 Å². The number of para-hydroxylation sites is 1. The van der Waals surface area contributed by atoms with Gasteiger partial charge in [-0.3, -0.25) is 14.7 Å². The molecular weight excluding hydrogens is 578 g/mol. The molecule has 10 nitrogen and oxygen atoms in total. The second-order valence-electron chi connectivity index (χ2n) is 12.5. The SMILES string of the molecule is CC(C)OC(=O)c1cnc(Nc2ccc3ncc(CC(=O)/C=C/C4CCCN4C4CC4)nc3c2)nc1-c1cn(C)c2ccccc12. The molecule has 0 amide bonds. The van der Waals surface area contributed by atoms with Crippen LogP contribution in [0.1, 0.15) is 55.6 Å². The van der Waals surface area contributed by atoms with Gasteiger partial charge in [0.05, 0.1) is 34.9 Å². The average Bonchev–Trinajstić information content (AvgIpc) is 3.68. The molecule has 0 radical (unpaired) electrons. The Labute approximate surface area is 267 Å². The van der Waals surface area contributed by atoms with Crippen LogP contribution < -0.4 is 5.32 Å². The molecule has 2 aliphatic rings. The number of allylic oxidation sites excluding steroid dienone is 1. The fourth-order valence-electron chi connectivity index (χ4n) is 6.28. The van der Waals surface area contributed by atoms with Gasteiger partial charge in [-0.15, -0.1) is 0 Å². The molecule has 234 valence electrons. The van der Waals surface area contributed by atoms with Gasteiger partial charge in [-0.05, 0) is 76.4 Å². The van der Waals surface area contributed by atoms with E-state index in [0.29, 0.717) is 46.1 Å². The van der Waals surface area contributed by atoms with Crippen molar-refractivity contribution in [2.75, 3.05) is 11.9 Å². The van der Waals surface area contributed by atoms with E-state index in [9.17, 15) is 9.59 Å². The van der Waals surface area contributed by atoms with Crippen LogP contribution in [0.25, 0.3) is 33.2 Å². The Bertz CT molecular complexity index is 1980. The highest BCUT2D eigenvalue weighted by Gasteiger charge is 2.35. The number of nitrogens with one attached hydrogen (secondary N) is 1. The molecule has 10 heteroatoms. The number of ketones is 1. The Hall–Kier alpha value is -4.96. The van der Waals surface area contributed by atoms with Gasteiger partial charge >= 0.3 is 5.97 Å². The summed E-state index contributed by atoms with van der Waals surface area (Å²) in [5, 5.41) is 4.23. The van der Waals surface area contributed by atoms with Crippen molar-refractivity contribution < 1.29 is 14.3 Å². The number of hydrogen-bond acceptors (Lipinski definition) is 9.